The number of furan rings is 1. The lowest BCUT2D eigenvalue weighted by atomic mass is 10.2. The van der Waals surface area contributed by atoms with E-state index in [0.29, 0.717) is 23.6 Å². The average molecular weight is 385 g/mol. The van der Waals surface area contributed by atoms with Crippen LogP contribution in [-0.4, -0.2) is 59.3 Å². The molecule has 0 radical (unpaired) electrons. The smallest absolute Gasteiger partial charge is 0.277 e. The van der Waals surface area contributed by atoms with Crippen LogP contribution >= 0.6 is 11.8 Å². The second kappa shape index (κ2) is 6.83. The van der Waals surface area contributed by atoms with E-state index in [9.17, 15) is 13.2 Å². The van der Waals surface area contributed by atoms with Crippen LogP contribution in [0.1, 0.15) is 19.1 Å². The summed E-state index contributed by atoms with van der Waals surface area (Å²) in [5.74, 6) is 1.01. The summed E-state index contributed by atoms with van der Waals surface area (Å²) < 4.78 is 34.0. The largest absolute Gasteiger partial charge is 0.469 e. The maximum absolute atomic E-state index is 12.5. The van der Waals surface area contributed by atoms with Crippen molar-refractivity contribution in [3.05, 3.63) is 18.1 Å². The standard InChI is InChI=1S/C15H19N3O5S2/c1-9-12(4-6-22-9)13-16-17-15(23-13)24-10(2)14(19)18(3)11-5-7-25(20,21)8-11/h4,6,10-11H,5,7-8H2,1-3H3/t10-,11+/m1/s1. The van der Waals surface area contributed by atoms with Gasteiger partial charge in [0, 0.05) is 13.1 Å². The van der Waals surface area contributed by atoms with Crippen LogP contribution in [0.4, 0.5) is 0 Å². The Labute approximate surface area is 149 Å². The van der Waals surface area contributed by atoms with Gasteiger partial charge in [-0.3, -0.25) is 4.79 Å². The predicted octanol–water partition coefficient (Wildman–Crippen LogP) is 1.76. The van der Waals surface area contributed by atoms with E-state index < -0.39 is 15.1 Å². The van der Waals surface area contributed by atoms with E-state index in [2.05, 4.69) is 10.2 Å². The molecular formula is C15H19N3O5S2. The van der Waals surface area contributed by atoms with Gasteiger partial charge in [0.1, 0.15) is 5.76 Å². The summed E-state index contributed by atoms with van der Waals surface area (Å²) in [6.07, 6.45) is 2.02. The predicted molar refractivity (Wildman–Crippen MR) is 91.9 cm³/mol. The van der Waals surface area contributed by atoms with Crippen LogP contribution in [-0.2, 0) is 14.6 Å². The van der Waals surface area contributed by atoms with Crippen molar-refractivity contribution in [3.63, 3.8) is 0 Å². The van der Waals surface area contributed by atoms with E-state index in [4.69, 9.17) is 8.83 Å². The molecule has 1 amide bonds. The Hall–Kier alpha value is -1.81. The van der Waals surface area contributed by atoms with Gasteiger partial charge in [-0.15, -0.1) is 10.2 Å². The molecule has 0 aliphatic carbocycles. The zero-order valence-corrected chi connectivity index (χ0v) is 15.8. The zero-order valence-electron chi connectivity index (χ0n) is 14.1. The molecule has 3 rings (SSSR count). The highest BCUT2D eigenvalue weighted by molar-refractivity contribution is 8.00. The summed E-state index contributed by atoms with van der Waals surface area (Å²) in [6, 6.07) is 1.47. The Balaban J connectivity index is 1.64. The number of carbonyl (C=O) groups is 1. The Morgan fingerprint density at radius 3 is 2.80 bits per heavy atom. The van der Waals surface area contributed by atoms with Crippen molar-refractivity contribution in [1.29, 1.82) is 0 Å². The number of carbonyl (C=O) groups excluding carboxylic acids is 1. The normalized spacial score (nSPS) is 20.5. The fourth-order valence-electron chi connectivity index (χ4n) is 2.72. The third-order valence-electron chi connectivity index (χ3n) is 4.22. The van der Waals surface area contributed by atoms with Gasteiger partial charge >= 0.3 is 0 Å². The number of aryl methyl sites for hydroxylation is 1. The van der Waals surface area contributed by atoms with Gasteiger partial charge in [0.25, 0.3) is 11.1 Å². The first-order chi connectivity index (χ1) is 11.8. The first-order valence-corrected chi connectivity index (χ1v) is 10.5. The number of hydrogen-bond donors (Lipinski definition) is 0. The molecule has 2 atom stereocenters. The number of thioether (sulfide) groups is 1. The van der Waals surface area contributed by atoms with Gasteiger partial charge in [-0.25, -0.2) is 8.42 Å². The fourth-order valence-corrected chi connectivity index (χ4v) is 5.28. The molecule has 8 nitrogen and oxygen atoms in total. The first-order valence-electron chi connectivity index (χ1n) is 7.78. The van der Waals surface area contributed by atoms with E-state index in [1.807, 2.05) is 0 Å². The maximum Gasteiger partial charge on any atom is 0.277 e. The van der Waals surface area contributed by atoms with Gasteiger partial charge in [0.05, 0.1) is 28.6 Å². The van der Waals surface area contributed by atoms with Crippen molar-refractivity contribution in [2.75, 3.05) is 18.6 Å². The summed E-state index contributed by atoms with van der Waals surface area (Å²) in [6.45, 7) is 3.53. The molecule has 2 aromatic heterocycles. The first kappa shape index (κ1) is 18.0. The molecule has 2 aromatic rings. The van der Waals surface area contributed by atoms with E-state index in [0.717, 1.165) is 11.8 Å². The lowest BCUT2D eigenvalue weighted by Gasteiger charge is -2.25. The Morgan fingerprint density at radius 2 is 2.20 bits per heavy atom. The Kier molecular flexibility index (Phi) is 4.92. The van der Waals surface area contributed by atoms with Crippen molar-refractivity contribution < 1.29 is 22.0 Å². The Bertz CT molecular complexity index is 873. The van der Waals surface area contributed by atoms with E-state index in [1.165, 1.54) is 4.90 Å². The van der Waals surface area contributed by atoms with Crippen molar-refractivity contribution in [2.45, 2.75) is 36.8 Å². The van der Waals surface area contributed by atoms with Gasteiger partial charge in [0.2, 0.25) is 5.91 Å². The summed E-state index contributed by atoms with van der Waals surface area (Å²) in [5.41, 5.74) is 0.714. The molecule has 0 saturated carbocycles. The highest BCUT2D eigenvalue weighted by Gasteiger charge is 2.34. The number of sulfone groups is 1. The van der Waals surface area contributed by atoms with Crippen molar-refractivity contribution in [2.24, 2.45) is 0 Å². The van der Waals surface area contributed by atoms with Gasteiger partial charge in [-0.2, -0.15) is 0 Å². The molecule has 1 aliphatic rings. The maximum atomic E-state index is 12.5. The second-order valence-corrected chi connectivity index (χ2v) is 9.55. The lowest BCUT2D eigenvalue weighted by Crippen LogP contribution is -2.41. The van der Waals surface area contributed by atoms with Crippen LogP contribution in [0.5, 0.6) is 0 Å². The number of amides is 1. The highest BCUT2D eigenvalue weighted by Crippen LogP contribution is 2.29. The molecule has 1 fully saturated rings. The monoisotopic (exact) mass is 385 g/mol. The van der Waals surface area contributed by atoms with Crippen molar-refractivity contribution in [3.8, 4) is 11.5 Å². The molecule has 1 aliphatic heterocycles. The summed E-state index contributed by atoms with van der Waals surface area (Å²) >= 11 is 1.15. The van der Waals surface area contributed by atoms with E-state index in [1.54, 1.807) is 33.2 Å². The molecular weight excluding hydrogens is 366 g/mol. The minimum absolute atomic E-state index is 0.0249. The molecule has 3 heterocycles. The summed E-state index contributed by atoms with van der Waals surface area (Å²) in [7, 11) is -1.40. The molecule has 1 saturated heterocycles. The van der Waals surface area contributed by atoms with Gasteiger partial charge in [-0.05, 0) is 26.3 Å². The zero-order chi connectivity index (χ0) is 18.2. The molecule has 0 N–H and O–H groups in total. The minimum Gasteiger partial charge on any atom is -0.469 e. The number of hydrogen-bond acceptors (Lipinski definition) is 8. The molecule has 0 spiro atoms. The van der Waals surface area contributed by atoms with E-state index in [-0.39, 0.29) is 28.7 Å². The number of nitrogens with zero attached hydrogens (tertiary/aromatic N) is 3. The fraction of sp³-hybridized carbons (Fsp3) is 0.533. The second-order valence-electron chi connectivity index (χ2n) is 6.03. The average Bonchev–Trinajstić information content (AvgIpc) is 3.26. The van der Waals surface area contributed by atoms with Gasteiger partial charge in [0.15, 0.2) is 9.84 Å². The van der Waals surface area contributed by atoms with Crippen LogP contribution in [0.2, 0.25) is 0 Å². The molecule has 0 unspecified atom stereocenters. The molecule has 10 heteroatoms. The highest BCUT2D eigenvalue weighted by atomic mass is 32.2. The van der Waals surface area contributed by atoms with Crippen LogP contribution in [0.3, 0.4) is 0 Å². The lowest BCUT2D eigenvalue weighted by molar-refractivity contribution is -0.130. The van der Waals surface area contributed by atoms with Crippen LogP contribution in [0.25, 0.3) is 11.5 Å². The van der Waals surface area contributed by atoms with Gasteiger partial charge in [-0.1, -0.05) is 11.8 Å². The van der Waals surface area contributed by atoms with Crippen molar-refractivity contribution >= 4 is 27.5 Å². The molecule has 0 aromatic carbocycles. The third-order valence-corrected chi connectivity index (χ3v) is 6.90. The summed E-state index contributed by atoms with van der Waals surface area (Å²) in [4.78, 5) is 14.1. The van der Waals surface area contributed by atoms with Gasteiger partial charge < -0.3 is 13.7 Å². The quantitative estimate of drug-likeness (QED) is 0.717. The van der Waals surface area contributed by atoms with Crippen LogP contribution < -0.4 is 0 Å². The minimum atomic E-state index is -3.03. The molecule has 25 heavy (non-hydrogen) atoms. The SMILES string of the molecule is Cc1occc1-c1nnc(S[C@H](C)C(=O)N(C)[C@H]2CCS(=O)(=O)C2)o1. The molecule has 0 bridgehead atoms. The topological polar surface area (TPSA) is 107 Å². The number of rotatable bonds is 5. The molecule has 136 valence electrons. The van der Waals surface area contributed by atoms with Crippen LogP contribution in [0, 0.1) is 6.92 Å². The van der Waals surface area contributed by atoms with Crippen molar-refractivity contribution in [1.82, 2.24) is 15.1 Å². The Morgan fingerprint density at radius 1 is 1.44 bits per heavy atom. The van der Waals surface area contributed by atoms with E-state index >= 15 is 0 Å². The third kappa shape index (κ3) is 3.90. The number of aromatic nitrogens is 2. The van der Waals surface area contributed by atoms with Crippen LogP contribution in [0.15, 0.2) is 26.4 Å². The summed E-state index contributed by atoms with van der Waals surface area (Å²) in [5, 5.41) is 7.74.